The molecule has 3 aromatic rings. The highest BCUT2D eigenvalue weighted by molar-refractivity contribution is 6.04. The van der Waals surface area contributed by atoms with Gasteiger partial charge in [-0.15, -0.1) is 0 Å². The molecule has 4 rings (SSSR count). The Morgan fingerprint density at radius 3 is 2.42 bits per heavy atom. The number of hydrogen-bond acceptors (Lipinski definition) is 6. The van der Waals surface area contributed by atoms with E-state index >= 15 is 0 Å². The van der Waals surface area contributed by atoms with Crippen molar-refractivity contribution in [3.05, 3.63) is 71.7 Å². The lowest BCUT2D eigenvalue weighted by Gasteiger charge is -2.36. The van der Waals surface area contributed by atoms with Gasteiger partial charge in [0.25, 0.3) is 5.91 Å². The summed E-state index contributed by atoms with van der Waals surface area (Å²) in [6.45, 7) is 2.33. The van der Waals surface area contributed by atoms with Crippen molar-refractivity contribution in [2.45, 2.75) is 26.9 Å². The molecular weight excluding hydrogens is 423 g/mol. The summed E-state index contributed by atoms with van der Waals surface area (Å²) in [5, 5.41) is 5.97. The van der Waals surface area contributed by atoms with E-state index in [0.29, 0.717) is 35.2 Å². The maximum Gasteiger partial charge on any atom is 0.255 e. The molecule has 9 heteroatoms. The van der Waals surface area contributed by atoms with E-state index < -0.39 is 0 Å². The van der Waals surface area contributed by atoms with Crippen molar-refractivity contribution in [2.75, 3.05) is 34.5 Å². The summed E-state index contributed by atoms with van der Waals surface area (Å²) in [6.07, 6.45) is 1.64. The highest BCUT2D eigenvalue weighted by atomic mass is 19.1. The molecule has 0 aliphatic carbocycles. The van der Waals surface area contributed by atoms with E-state index in [1.807, 2.05) is 31.0 Å². The van der Waals surface area contributed by atoms with Crippen LogP contribution in [0, 0.1) is 5.82 Å². The molecule has 1 aliphatic rings. The molecule has 1 aromatic heterocycles. The minimum absolute atomic E-state index is 0. The van der Waals surface area contributed by atoms with Crippen molar-refractivity contribution in [1.82, 2.24) is 9.97 Å². The lowest BCUT2D eigenvalue weighted by Crippen LogP contribution is -2.49. The van der Waals surface area contributed by atoms with Crippen LogP contribution in [0.2, 0.25) is 0 Å². The fourth-order valence-electron chi connectivity index (χ4n) is 3.39. The van der Waals surface area contributed by atoms with E-state index in [1.54, 1.807) is 30.3 Å². The molecule has 2 heterocycles. The van der Waals surface area contributed by atoms with Crippen LogP contribution in [0.1, 0.15) is 30.3 Å². The smallest absolute Gasteiger partial charge is 0.255 e. The predicted molar refractivity (Wildman–Crippen MR) is 128 cm³/mol. The highest BCUT2D eigenvalue weighted by Gasteiger charge is 2.32. The molecule has 0 unspecified atom stereocenters. The fourth-order valence-corrected chi connectivity index (χ4v) is 3.39. The molecule has 0 radical (unpaired) electrons. The van der Waals surface area contributed by atoms with Gasteiger partial charge in [0.1, 0.15) is 17.5 Å². The van der Waals surface area contributed by atoms with E-state index in [2.05, 4.69) is 20.6 Å². The molecule has 0 spiro atoms. The molecule has 0 saturated carbocycles. The minimum atomic E-state index is -0.386. The summed E-state index contributed by atoms with van der Waals surface area (Å²) in [5.41, 5.74) is 2.66. The maximum absolute atomic E-state index is 13.0. The number of carbonyl (C=O) groups is 2. The van der Waals surface area contributed by atoms with Gasteiger partial charge in [-0.1, -0.05) is 19.6 Å². The third-order valence-electron chi connectivity index (χ3n) is 5.48. The van der Waals surface area contributed by atoms with Crippen LogP contribution in [0.3, 0.4) is 0 Å². The third kappa shape index (κ3) is 4.92. The number of aromatic nitrogens is 2. The summed E-state index contributed by atoms with van der Waals surface area (Å²) >= 11 is 0. The van der Waals surface area contributed by atoms with Gasteiger partial charge < -0.3 is 20.4 Å². The van der Waals surface area contributed by atoms with E-state index in [0.717, 1.165) is 5.56 Å². The van der Waals surface area contributed by atoms with Crippen molar-refractivity contribution in [1.29, 1.82) is 0 Å². The summed E-state index contributed by atoms with van der Waals surface area (Å²) in [6, 6.07) is 12.4. The Bertz CT molecular complexity index is 1150. The largest absolute Gasteiger partial charge is 0.350 e. The van der Waals surface area contributed by atoms with Crippen LogP contribution in [-0.2, 0) is 11.3 Å². The average Bonchev–Trinajstić information content (AvgIpc) is 2.81. The van der Waals surface area contributed by atoms with Gasteiger partial charge in [-0.25, -0.2) is 9.37 Å². The molecule has 2 N–H and O–H groups in total. The molecule has 8 nitrogen and oxygen atoms in total. The van der Waals surface area contributed by atoms with Gasteiger partial charge >= 0.3 is 0 Å². The standard InChI is InChI=1S/C23H23FN6O2.CH4/c1-14-22(32)30(3)19-13-26-23(28-20(19)29(14)2)25-12-15-4-10-18(11-5-15)27-21(31)16-6-8-17(24)9-7-16;/h4-11,13-14H,12H2,1-3H3,(H,27,31)(H,25,26,28);1H4/t14-;/m1./s1. The van der Waals surface area contributed by atoms with Gasteiger partial charge in [0.05, 0.1) is 6.20 Å². The molecule has 172 valence electrons. The second-order valence-electron chi connectivity index (χ2n) is 7.60. The van der Waals surface area contributed by atoms with E-state index in [4.69, 9.17) is 0 Å². The van der Waals surface area contributed by atoms with Gasteiger partial charge in [0.2, 0.25) is 11.9 Å². The summed E-state index contributed by atoms with van der Waals surface area (Å²) in [5.74, 6) is 0.453. The molecule has 33 heavy (non-hydrogen) atoms. The Hall–Kier alpha value is -4.01. The Morgan fingerprint density at radius 2 is 1.76 bits per heavy atom. The van der Waals surface area contributed by atoms with E-state index in [1.165, 1.54) is 24.3 Å². The average molecular weight is 451 g/mol. The molecule has 2 aromatic carbocycles. The van der Waals surface area contributed by atoms with Gasteiger partial charge in [0, 0.05) is 31.9 Å². The molecule has 0 bridgehead atoms. The predicted octanol–water partition coefficient (Wildman–Crippen LogP) is 3.92. The van der Waals surface area contributed by atoms with Gasteiger partial charge in [-0.3, -0.25) is 9.59 Å². The van der Waals surface area contributed by atoms with E-state index in [-0.39, 0.29) is 31.1 Å². The second kappa shape index (κ2) is 9.64. The zero-order valence-electron chi connectivity index (χ0n) is 18.0. The monoisotopic (exact) mass is 450 g/mol. The van der Waals surface area contributed by atoms with Crippen LogP contribution in [0.4, 0.5) is 27.5 Å². The highest BCUT2D eigenvalue weighted by Crippen LogP contribution is 2.32. The quantitative estimate of drug-likeness (QED) is 0.612. The first kappa shape index (κ1) is 23.6. The Balaban J connectivity index is 0.00000306. The van der Waals surface area contributed by atoms with Crippen molar-refractivity contribution >= 4 is 35.0 Å². The Kier molecular flexibility index (Phi) is 6.91. The summed E-state index contributed by atoms with van der Waals surface area (Å²) in [4.78, 5) is 36.8. The number of fused-ring (bicyclic) bond motifs is 1. The minimum Gasteiger partial charge on any atom is -0.350 e. The number of nitrogens with zero attached hydrogens (tertiary/aromatic N) is 4. The first-order valence-electron chi connectivity index (χ1n) is 10.1. The number of hydrogen-bond donors (Lipinski definition) is 2. The molecule has 1 atom stereocenters. The normalized spacial score (nSPS) is 14.9. The number of anilines is 4. The zero-order valence-corrected chi connectivity index (χ0v) is 18.0. The van der Waals surface area contributed by atoms with Crippen LogP contribution in [0.15, 0.2) is 54.7 Å². The van der Waals surface area contributed by atoms with Crippen molar-refractivity contribution in [3.8, 4) is 0 Å². The van der Waals surface area contributed by atoms with Crippen molar-refractivity contribution in [2.24, 2.45) is 0 Å². The number of carbonyl (C=O) groups excluding carboxylic acids is 2. The fraction of sp³-hybridized carbons (Fsp3) is 0.250. The van der Waals surface area contributed by atoms with Gasteiger partial charge in [-0.2, -0.15) is 4.98 Å². The Labute approximate surface area is 192 Å². The number of nitrogens with one attached hydrogen (secondary N) is 2. The van der Waals surface area contributed by atoms with Crippen LogP contribution in [0.5, 0.6) is 0 Å². The number of amides is 2. The zero-order chi connectivity index (χ0) is 22.8. The topological polar surface area (TPSA) is 90.5 Å². The molecule has 2 amide bonds. The van der Waals surface area contributed by atoms with Gasteiger partial charge in [-0.05, 0) is 48.9 Å². The first-order chi connectivity index (χ1) is 15.3. The molecule has 0 fully saturated rings. The number of rotatable bonds is 5. The summed E-state index contributed by atoms with van der Waals surface area (Å²) in [7, 11) is 3.56. The van der Waals surface area contributed by atoms with Crippen LogP contribution in [0.25, 0.3) is 0 Å². The van der Waals surface area contributed by atoms with Crippen LogP contribution >= 0.6 is 0 Å². The lowest BCUT2D eigenvalue weighted by molar-refractivity contribution is -0.119. The SMILES string of the molecule is C.C[C@@H]1C(=O)N(C)c2cnc(NCc3ccc(NC(=O)c4ccc(F)cc4)cc3)nc2N1C. The van der Waals surface area contributed by atoms with Crippen LogP contribution in [-0.4, -0.2) is 41.9 Å². The second-order valence-corrected chi connectivity index (χ2v) is 7.60. The van der Waals surface area contributed by atoms with Gasteiger partial charge in [0.15, 0.2) is 5.82 Å². The first-order valence-corrected chi connectivity index (χ1v) is 10.1. The number of likely N-dealkylation sites (N-methyl/N-ethyl adjacent to an activating group) is 2. The number of benzene rings is 2. The third-order valence-corrected chi connectivity index (χ3v) is 5.48. The lowest BCUT2D eigenvalue weighted by atomic mass is 10.1. The molecular formula is C24H27FN6O2. The molecule has 1 aliphatic heterocycles. The van der Waals surface area contributed by atoms with Crippen molar-refractivity contribution in [3.63, 3.8) is 0 Å². The van der Waals surface area contributed by atoms with Crippen LogP contribution < -0.4 is 20.4 Å². The number of halogens is 1. The Morgan fingerprint density at radius 1 is 1.09 bits per heavy atom. The molecule has 0 saturated heterocycles. The summed E-state index contributed by atoms with van der Waals surface area (Å²) < 4.78 is 13.0. The maximum atomic E-state index is 13.0. The van der Waals surface area contributed by atoms with E-state index in [9.17, 15) is 14.0 Å². The van der Waals surface area contributed by atoms with Crippen molar-refractivity contribution < 1.29 is 14.0 Å².